The van der Waals surface area contributed by atoms with Crippen LogP contribution >= 0.6 is 11.6 Å². The highest BCUT2D eigenvalue weighted by molar-refractivity contribution is 6.30. The van der Waals surface area contributed by atoms with E-state index in [9.17, 15) is 4.79 Å². The Balaban J connectivity index is 1.31. The van der Waals surface area contributed by atoms with Crippen molar-refractivity contribution in [3.63, 3.8) is 0 Å². The van der Waals surface area contributed by atoms with Crippen molar-refractivity contribution in [2.75, 3.05) is 62.0 Å². The number of hydrogen-bond donors (Lipinski definition) is 5. The molecule has 12 heteroatoms. The Kier molecular flexibility index (Phi) is 13.6. The summed E-state index contributed by atoms with van der Waals surface area (Å²) in [5.74, 6) is 1.20. The van der Waals surface area contributed by atoms with Crippen LogP contribution < -0.4 is 27.0 Å². The summed E-state index contributed by atoms with van der Waals surface area (Å²) >= 11 is 6.02. The number of nitrogens with two attached hydrogens (primary N) is 1. The van der Waals surface area contributed by atoms with Gasteiger partial charge >= 0.3 is 0 Å². The number of anilines is 4. The Labute approximate surface area is 263 Å². The lowest BCUT2D eigenvalue weighted by molar-refractivity contribution is -0.120. The highest BCUT2D eigenvalue weighted by atomic mass is 35.5. The Morgan fingerprint density at radius 1 is 0.705 bits per heavy atom. The topological polar surface area (TPSA) is 148 Å². The fourth-order valence-electron chi connectivity index (χ4n) is 4.09. The minimum Gasteiger partial charge on any atom is -0.378 e. The molecule has 1 aromatic heterocycles. The molecule has 0 bridgehead atoms. The van der Waals surface area contributed by atoms with Crippen LogP contribution in [0.3, 0.4) is 0 Å². The Morgan fingerprint density at radius 3 is 2.09 bits per heavy atom. The number of carbonyl (C=O) groups is 1. The van der Waals surface area contributed by atoms with Crippen LogP contribution in [0, 0.1) is 0 Å². The number of carbonyl (C=O) groups excluding carboxylic acids is 1. The maximum Gasteiger partial charge on any atom is 0.233 e. The van der Waals surface area contributed by atoms with E-state index in [1.54, 1.807) is 0 Å². The van der Waals surface area contributed by atoms with E-state index in [4.69, 9.17) is 26.8 Å². The quantitative estimate of drug-likeness (QED) is 0.0969. The Morgan fingerprint density at radius 2 is 1.36 bits per heavy atom. The lowest BCUT2D eigenvalue weighted by Gasteiger charge is -2.12. The lowest BCUT2D eigenvalue weighted by atomic mass is 10.1. The van der Waals surface area contributed by atoms with Gasteiger partial charge in [0.25, 0.3) is 0 Å². The average Bonchev–Trinajstić information content (AvgIpc) is 3.03. The normalized spacial score (nSPS) is 10.8. The third-order valence-corrected chi connectivity index (χ3v) is 6.57. The molecule has 4 rings (SSSR count). The highest BCUT2D eigenvalue weighted by Gasteiger charge is 2.09. The van der Waals surface area contributed by atoms with Crippen LogP contribution in [0.4, 0.5) is 23.5 Å². The first-order valence-corrected chi connectivity index (χ1v) is 15.0. The molecule has 0 radical (unpaired) electrons. The summed E-state index contributed by atoms with van der Waals surface area (Å²) in [5.41, 5.74) is 9.30. The van der Waals surface area contributed by atoms with Gasteiger partial charge < -0.3 is 36.5 Å². The Hall–Kier alpha value is -4.29. The van der Waals surface area contributed by atoms with Crippen LogP contribution in [0.15, 0.2) is 78.9 Å². The Bertz CT molecular complexity index is 1410. The molecule has 1 amide bonds. The van der Waals surface area contributed by atoms with Gasteiger partial charge in [-0.2, -0.15) is 15.0 Å². The number of ether oxygens (including phenoxy) is 2. The average molecular weight is 619 g/mol. The minimum atomic E-state index is -0.0752. The number of aromatic nitrogens is 3. The van der Waals surface area contributed by atoms with Crippen LogP contribution in [0.2, 0.25) is 5.02 Å². The van der Waals surface area contributed by atoms with E-state index in [-0.39, 0.29) is 12.3 Å². The summed E-state index contributed by atoms with van der Waals surface area (Å²) in [5, 5.41) is 13.4. The maximum absolute atomic E-state index is 12.3. The second-order valence-electron chi connectivity index (χ2n) is 9.81. The summed E-state index contributed by atoms with van der Waals surface area (Å²) < 4.78 is 10.7. The molecule has 0 saturated carbocycles. The molecule has 0 saturated heterocycles. The smallest absolute Gasteiger partial charge is 0.233 e. The molecule has 232 valence electrons. The van der Waals surface area contributed by atoms with Crippen molar-refractivity contribution in [3.05, 3.63) is 101 Å². The van der Waals surface area contributed by atoms with Crippen molar-refractivity contribution < 1.29 is 14.3 Å². The molecule has 1 heterocycles. The third-order valence-electron chi connectivity index (χ3n) is 6.32. The van der Waals surface area contributed by atoms with Crippen LogP contribution in [0.5, 0.6) is 0 Å². The molecular weight excluding hydrogens is 580 g/mol. The molecule has 6 N–H and O–H groups in total. The predicted molar refractivity (Wildman–Crippen MR) is 174 cm³/mol. The summed E-state index contributed by atoms with van der Waals surface area (Å²) in [6, 6.07) is 25.4. The summed E-state index contributed by atoms with van der Waals surface area (Å²) in [4.78, 5) is 26.0. The zero-order valence-electron chi connectivity index (χ0n) is 24.6. The number of hydrogen-bond acceptors (Lipinski definition) is 10. The van der Waals surface area contributed by atoms with E-state index in [1.165, 1.54) is 5.56 Å². The van der Waals surface area contributed by atoms with E-state index in [1.807, 2.05) is 66.7 Å². The first-order valence-electron chi connectivity index (χ1n) is 14.6. The second-order valence-corrected chi connectivity index (χ2v) is 10.2. The molecule has 0 spiro atoms. The van der Waals surface area contributed by atoms with E-state index in [0.29, 0.717) is 75.5 Å². The van der Waals surface area contributed by atoms with Crippen LogP contribution in [0.1, 0.15) is 16.7 Å². The first kappa shape index (κ1) is 32.6. The fraction of sp³-hybridized carbons (Fsp3) is 0.312. The van der Waals surface area contributed by atoms with Gasteiger partial charge in [-0.05, 0) is 47.4 Å². The van der Waals surface area contributed by atoms with E-state index in [2.05, 4.69) is 48.4 Å². The van der Waals surface area contributed by atoms with Gasteiger partial charge in [0.15, 0.2) is 0 Å². The predicted octanol–water partition coefficient (Wildman–Crippen LogP) is 4.19. The van der Waals surface area contributed by atoms with Gasteiger partial charge in [0, 0.05) is 36.9 Å². The maximum atomic E-state index is 12.3. The van der Waals surface area contributed by atoms with Crippen molar-refractivity contribution in [2.45, 2.75) is 19.4 Å². The molecule has 3 aromatic carbocycles. The van der Waals surface area contributed by atoms with Gasteiger partial charge in [0.2, 0.25) is 23.8 Å². The number of amides is 1. The SMILES string of the molecule is NCCOCCOCCNC(=O)Cc1ccc(Nc2nc(NCCc3ccccc3)nc(NCc3ccc(Cl)cc3)n2)cc1. The third kappa shape index (κ3) is 12.1. The molecule has 0 unspecified atom stereocenters. The zero-order chi connectivity index (χ0) is 30.8. The molecule has 0 aliphatic carbocycles. The molecule has 4 aromatic rings. The number of nitrogens with one attached hydrogen (secondary N) is 4. The molecule has 0 aliphatic heterocycles. The van der Waals surface area contributed by atoms with Gasteiger partial charge in [-0.3, -0.25) is 4.79 Å². The van der Waals surface area contributed by atoms with Crippen LogP contribution in [-0.2, 0) is 33.7 Å². The molecule has 0 aliphatic rings. The molecule has 0 fully saturated rings. The zero-order valence-corrected chi connectivity index (χ0v) is 25.4. The molecule has 0 atom stereocenters. The van der Waals surface area contributed by atoms with Gasteiger partial charge in [-0.25, -0.2) is 0 Å². The molecule has 44 heavy (non-hydrogen) atoms. The van der Waals surface area contributed by atoms with E-state index in [0.717, 1.165) is 23.2 Å². The second kappa shape index (κ2) is 18.4. The van der Waals surface area contributed by atoms with Crippen molar-refractivity contribution in [1.29, 1.82) is 0 Å². The fourth-order valence-corrected chi connectivity index (χ4v) is 4.21. The van der Waals surface area contributed by atoms with Crippen LogP contribution in [-0.4, -0.2) is 66.9 Å². The summed E-state index contributed by atoms with van der Waals surface area (Å²) in [7, 11) is 0. The van der Waals surface area contributed by atoms with Gasteiger partial charge in [0.05, 0.1) is 32.8 Å². The van der Waals surface area contributed by atoms with Crippen molar-refractivity contribution in [1.82, 2.24) is 20.3 Å². The van der Waals surface area contributed by atoms with Crippen LogP contribution in [0.25, 0.3) is 0 Å². The van der Waals surface area contributed by atoms with Gasteiger partial charge in [0.1, 0.15) is 0 Å². The van der Waals surface area contributed by atoms with Crippen molar-refractivity contribution in [2.24, 2.45) is 5.73 Å². The van der Waals surface area contributed by atoms with Gasteiger partial charge in [-0.15, -0.1) is 0 Å². The molecule has 11 nitrogen and oxygen atoms in total. The van der Waals surface area contributed by atoms with Crippen molar-refractivity contribution in [3.8, 4) is 0 Å². The lowest BCUT2D eigenvalue weighted by Crippen LogP contribution is -2.29. The summed E-state index contributed by atoms with van der Waals surface area (Å²) in [6.07, 6.45) is 1.09. The van der Waals surface area contributed by atoms with Crippen molar-refractivity contribution >= 4 is 41.0 Å². The minimum absolute atomic E-state index is 0.0752. The van der Waals surface area contributed by atoms with Gasteiger partial charge in [-0.1, -0.05) is 66.2 Å². The van der Waals surface area contributed by atoms with E-state index >= 15 is 0 Å². The highest BCUT2D eigenvalue weighted by Crippen LogP contribution is 2.18. The first-order chi connectivity index (χ1) is 21.6. The standard InChI is InChI=1S/C32H39ClN8O3/c33-27-10-6-26(7-11-27)23-37-31-39-30(36-16-14-24-4-2-1-3-5-24)40-32(41-31)38-28-12-8-25(9-13-28)22-29(42)35-17-19-44-21-20-43-18-15-34/h1-13H,14-23,34H2,(H,35,42)(H3,36,37,38,39,40,41). The van der Waals surface area contributed by atoms with E-state index < -0.39 is 0 Å². The number of halogens is 1. The number of rotatable bonds is 19. The summed E-state index contributed by atoms with van der Waals surface area (Å²) in [6.45, 7) is 4.01. The molecular formula is C32H39ClN8O3. The number of nitrogens with zero attached hydrogens (tertiary/aromatic N) is 3. The number of benzene rings is 3. The monoisotopic (exact) mass is 618 g/mol. The largest absolute Gasteiger partial charge is 0.378 e.